The Morgan fingerprint density at radius 1 is 1.13 bits per heavy atom. The van der Waals surface area contributed by atoms with E-state index in [0.717, 1.165) is 12.1 Å². The van der Waals surface area contributed by atoms with Crippen LogP contribution in [0, 0.1) is 11.6 Å². The lowest BCUT2D eigenvalue weighted by Gasteiger charge is -2.18. The maximum Gasteiger partial charge on any atom is 0.254 e. The van der Waals surface area contributed by atoms with Crippen LogP contribution < -0.4 is 15.4 Å². The molecule has 2 aromatic carbocycles. The van der Waals surface area contributed by atoms with Crippen LogP contribution in [-0.4, -0.2) is 49.9 Å². The highest BCUT2D eigenvalue weighted by Gasteiger charge is 2.16. The van der Waals surface area contributed by atoms with Crippen LogP contribution in [0.25, 0.3) is 0 Å². The number of ether oxygens (including phenoxy) is 1. The number of carbonyl (C=O) groups is 3. The highest BCUT2D eigenvalue weighted by molar-refractivity contribution is 6.31. The summed E-state index contributed by atoms with van der Waals surface area (Å²) in [5, 5.41) is 5.40. The Labute approximate surface area is 177 Å². The third-order valence-electron chi connectivity index (χ3n) is 4.04. The molecule has 160 valence electrons. The molecule has 0 fully saturated rings. The predicted molar refractivity (Wildman–Crippen MR) is 108 cm³/mol. The minimum atomic E-state index is -0.996. The molecule has 2 N–H and O–H groups in total. The Morgan fingerprint density at radius 3 is 2.53 bits per heavy atom. The predicted octanol–water partition coefficient (Wildman–Crippen LogP) is 2.84. The zero-order chi connectivity index (χ0) is 22.3. The van der Waals surface area contributed by atoms with Crippen molar-refractivity contribution in [3.8, 4) is 5.75 Å². The summed E-state index contributed by atoms with van der Waals surface area (Å²) < 4.78 is 31.6. The zero-order valence-electron chi connectivity index (χ0n) is 16.3. The number of rotatable bonds is 8. The summed E-state index contributed by atoms with van der Waals surface area (Å²) in [6.07, 6.45) is -0.112. The summed E-state index contributed by atoms with van der Waals surface area (Å²) in [5.74, 6) is -3.03. The Hall–Kier alpha value is -3.20. The topological polar surface area (TPSA) is 87.7 Å². The number of anilines is 1. The number of benzene rings is 2. The number of amides is 3. The first kappa shape index (κ1) is 23.1. The molecule has 2 rings (SSSR count). The maximum absolute atomic E-state index is 13.6. The summed E-state index contributed by atoms with van der Waals surface area (Å²) in [7, 11) is 2.87. The van der Waals surface area contributed by atoms with E-state index in [-0.39, 0.29) is 25.1 Å². The van der Waals surface area contributed by atoms with Gasteiger partial charge < -0.3 is 20.3 Å². The SMILES string of the molecule is COc1ccc(Cl)cc1NC(=O)CN(C)C(=O)CCNC(=O)c1ccc(F)cc1F. The highest BCUT2D eigenvalue weighted by atomic mass is 35.5. The van der Waals surface area contributed by atoms with Crippen LogP contribution in [0.4, 0.5) is 14.5 Å². The monoisotopic (exact) mass is 439 g/mol. The van der Waals surface area contributed by atoms with Crippen molar-refractivity contribution in [3.05, 3.63) is 58.6 Å². The van der Waals surface area contributed by atoms with Crippen LogP contribution in [0.5, 0.6) is 5.75 Å². The van der Waals surface area contributed by atoms with E-state index in [1.807, 2.05) is 0 Å². The van der Waals surface area contributed by atoms with E-state index in [1.54, 1.807) is 12.1 Å². The van der Waals surface area contributed by atoms with E-state index in [1.165, 1.54) is 25.1 Å². The molecule has 30 heavy (non-hydrogen) atoms. The van der Waals surface area contributed by atoms with Crippen LogP contribution in [0.3, 0.4) is 0 Å². The first-order valence-electron chi connectivity index (χ1n) is 8.82. The third kappa shape index (κ3) is 6.41. The molecule has 0 atom stereocenters. The lowest BCUT2D eigenvalue weighted by molar-refractivity contribution is -0.133. The fourth-order valence-corrected chi connectivity index (χ4v) is 2.69. The second-order valence-electron chi connectivity index (χ2n) is 6.27. The van der Waals surface area contributed by atoms with Crippen molar-refractivity contribution >= 4 is 35.0 Å². The molecule has 0 aromatic heterocycles. The van der Waals surface area contributed by atoms with Gasteiger partial charge in [-0.1, -0.05) is 11.6 Å². The second kappa shape index (κ2) is 10.5. The molecule has 0 aliphatic carbocycles. The summed E-state index contributed by atoms with van der Waals surface area (Å²) in [6.45, 7) is -0.322. The van der Waals surface area contributed by atoms with E-state index < -0.39 is 29.4 Å². The van der Waals surface area contributed by atoms with E-state index in [0.29, 0.717) is 22.5 Å². The molecule has 2 aromatic rings. The van der Waals surface area contributed by atoms with Gasteiger partial charge in [-0.05, 0) is 30.3 Å². The molecule has 10 heteroatoms. The van der Waals surface area contributed by atoms with Gasteiger partial charge in [0.25, 0.3) is 5.91 Å². The van der Waals surface area contributed by atoms with Crippen molar-refractivity contribution in [3.63, 3.8) is 0 Å². The number of carbonyl (C=O) groups excluding carboxylic acids is 3. The first-order chi connectivity index (χ1) is 14.2. The second-order valence-corrected chi connectivity index (χ2v) is 6.71. The summed E-state index contributed by atoms with van der Waals surface area (Å²) >= 11 is 5.91. The minimum absolute atomic E-state index is 0.0808. The molecular formula is C20H20ClF2N3O4. The van der Waals surface area contributed by atoms with Gasteiger partial charge in [0.05, 0.1) is 24.9 Å². The molecular weight excluding hydrogens is 420 g/mol. The van der Waals surface area contributed by atoms with E-state index >= 15 is 0 Å². The molecule has 0 unspecified atom stereocenters. The molecule has 0 saturated heterocycles. The average molecular weight is 440 g/mol. The van der Waals surface area contributed by atoms with Gasteiger partial charge in [0.1, 0.15) is 17.4 Å². The molecule has 0 spiro atoms. The fraction of sp³-hybridized carbons (Fsp3) is 0.250. The lowest BCUT2D eigenvalue weighted by atomic mass is 10.2. The molecule has 3 amide bonds. The smallest absolute Gasteiger partial charge is 0.254 e. The first-order valence-corrected chi connectivity index (χ1v) is 9.19. The van der Waals surface area contributed by atoms with Crippen LogP contribution in [0.15, 0.2) is 36.4 Å². The Bertz CT molecular complexity index is 956. The molecule has 0 radical (unpaired) electrons. The van der Waals surface area contributed by atoms with E-state index in [9.17, 15) is 23.2 Å². The van der Waals surface area contributed by atoms with Crippen LogP contribution in [0.1, 0.15) is 16.8 Å². The van der Waals surface area contributed by atoms with Crippen molar-refractivity contribution in [1.29, 1.82) is 0 Å². The standard InChI is InChI=1S/C20H20ClF2N3O4/c1-26(11-18(27)25-16-9-12(21)3-6-17(16)30-2)19(28)7-8-24-20(29)14-5-4-13(22)10-15(14)23/h3-6,9-10H,7-8,11H2,1-2H3,(H,24,29)(H,25,27). The molecule has 0 bridgehead atoms. The number of nitrogens with one attached hydrogen (secondary N) is 2. The van der Waals surface area contributed by atoms with Gasteiger partial charge in [-0.15, -0.1) is 0 Å². The van der Waals surface area contributed by atoms with Gasteiger partial charge in [0.15, 0.2) is 0 Å². The molecule has 0 heterocycles. The number of methoxy groups -OCH3 is 1. The zero-order valence-corrected chi connectivity index (χ0v) is 17.1. The maximum atomic E-state index is 13.6. The lowest BCUT2D eigenvalue weighted by Crippen LogP contribution is -2.37. The summed E-state index contributed by atoms with van der Waals surface area (Å²) in [4.78, 5) is 37.4. The number of halogens is 3. The number of likely N-dealkylation sites (N-methyl/N-ethyl adjacent to an activating group) is 1. The van der Waals surface area contributed by atoms with Crippen molar-refractivity contribution in [2.24, 2.45) is 0 Å². The molecule has 0 aliphatic rings. The molecule has 7 nitrogen and oxygen atoms in total. The number of hydrogen-bond donors (Lipinski definition) is 2. The van der Waals surface area contributed by atoms with E-state index in [4.69, 9.17) is 16.3 Å². The highest BCUT2D eigenvalue weighted by Crippen LogP contribution is 2.27. The largest absolute Gasteiger partial charge is 0.495 e. The Morgan fingerprint density at radius 2 is 1.87 bits per heavy atom. The van der Waals surface area contributed by atoms with Gasteiger partial charge in [-0.3, -0.25) is 14.4 Å². The molecule has 0 aliphatic heterocycles. The fourth-order valence-electron chi connectivity index (χ4n) is 2.51. The van der Waals surface area contributed by atoms with Gasteiger partial charge in [0.2, 0.25) is 11.8 Å². The van der Waals surface area contributed by atoms with Crippen molar-refractivity contribution in [1.82, 2.24) is 10.2 Å². The van der Waals surface area contributed by atoms with Gasteiger partial charge in [-0.2, -0.15) is 0 Å². The van der Waals surface area contributed by atoms with Crippen molar-refractivity contribution in [2.45, 2.75) is 6.42 Å². The Kier molecular flexibility index (Phi) is 8.11. The minimum Gasteiger partial charge on any atom is -0.495 e. The number of nitrogens with zero attached hydrogens (tertiary/aromatic N) is 1. The summed E-state index contributed by atoms with van der Waals surface area (Å²) in [5.41, 5.74) is 0.0384. The van der Waals surface area contributed by atoms with Crippen LogP contribution >= 0.6 is 11.6 Å². The van der Waals surface area contributed by atoms with Crippen LogP contribution in [0.2, 0.25) is 5.02 Å². The number of hydrogen-bond acceptors (Lipinski definition) is 4. The van der Waals surface area contributed by atoms with E-state index in [2.05, 4.69) is 10.6 Å². The molecule has 0 saturated carbocycles. The van der Waals surface area contributed by atoms with Crippen molar-refractivity contribution < 1.29 is 27.9 Å². The normalized spacial score (nSPS) is 10.3. The van der Waals surface area contributed by atoms with Gasteiger partial charge in [-0.25, -0.2) is 8.78 Å². The average Bonchev–Trinajstić information content (AvgIpc) is 2.67. The quantitative estimate of drug-likeness (QED) is 0.662. The van der Waals surface area contributed by atoms with Crippen molar-refractivity contribution in [2.75, 3.05) is 32.6 Å². The van der Waals surface area contributed by atoms with Gasteiger partial charge in [0, 0.05) is 31.1 Å². The third-order valence-corrected chi connectivity index (χ3v) is 4.28. The van der Waals surface area contributed by atoms with Gasteiger partial charge >= 0.3 is 0 Å². The summed E-state index contributed by atoms with van der Waals surface area (Å²) in [6, 6.07) is 7.30. The Balaban J connectivity index is 1.82. The van der Waals surface area contributed by atoms with Crippen LogP contribution in [-0.2, 0) is 9.59 Å².